The molecule has 0 spiro atoms. The number of methoxy groups -OCH3 is 1. The number of halogens is 1. The molecule has 0 aliphatic heterocycles. The van der Waals surface area contributed by atoms with Crippen molar-refractivity contribution in [1.29, 1.82) is 0 Å². The lowest BCUT2D eigenvalue weighted by Crippen LogP contribution is -2.11. The van der Waals surface area contributed by atoms with Gasteiger partial charge < -0.3 is 18.1 Å². The largest absolute Gasteiger partial charge is 0.460 e. The quantitative estimate of drug-likeness (QED) is 0.336. The Morgan fingerprint density at radius 2 is 1.82 bits per heavy atom. The highest BCUT2D eigenvalue weighted by Crippen LogP contribution is 2.31. The van der Waals surface area contributed by atoms with Crippen molar-refractivity contribution in [2.75, 3.05) is 20.3 Å². The number of esters is 1. The summed E-state index contributed by atoms with van der Waals surface area (Å²) in [6, 6.07) is 8.50. The molecule has 0 N–H and O–H groups in total. The highest BCUT2D eigenvalue weighted by Gasteiger charge is 2.22. The van der Waals surface area contributed by atoms with Gasteiger partial charge in [0.25, 0.3) is 0 Å². The second-order valence-electron chi connectivity index (χ2n) is 5.81. The fraction of sp³-hybridized carbons (Fsp3) is 0.211. The maximum Gasteiger partial charge on any atom is 0.342 e. The van der Waals surface area contributed by atoms with E-state index in [1.807, 2.05) is 0 Å². The van der Waals surface area contributed by atoms with Gasteiger partial charge in [0.05, 0.1) is 6.61 Å². The Morgan fingerprint density at radius 3 is 2.50 bits per heavy atom. The van der Waals surface area contributed by atoms with E-state index in [1.165, 1.54) is 25.3 Å². The predicted octanol–water partition coefficient (Wildman–Crippen LogP) is 3.45. The molecule has 7 nitrogen and oxygen atoms in total. The van der Waals surface area contributed by atoms with Gasteiger partial charge in [-0.05, 0) is 49.4 Å². The van der Waals surface area contributed by atoms with Crippen LogP contribution < -0.4 is 4.18 Å². The first kappa shape index (κ1) is 19.8. The Morgan fingerprint density at radius 1 is 1.11 bits per heavy atom. The van der Waals surface area contributed by atoms with Crippen molar-refractivity contribution in [3.63, 3.8) is 0 Å². The third-order valence-electron chi connectivity index (χ3n) is 3.87. The van der Waals surface area contributed by atoms with Crippen LogP contribution in [0.2, 0.25) is 0 Å². The van der Waals surface area contributed by atoms with E-state index >= 15 is 0 Å². The van der Waals surface area contributed by atoms with Crippen LogP contribution in [0.5, 0.6) is 5.75 Å². The SMILES string of the molecule is COCCOC(=O)c1c(C)oc2ccc(OS(=O)(=O)c3ccc(F)cc3)cc12. The first-order valence-corrected chi connectivity index (χ1v) is 9.62. The zero-order valence-corrected chi connectivity index (χ0v) is 15.9. The van der Waals surface area contributed by atoms with Gasteiger partial charge in [0.1, 0.15) is 40.0 Å². The van der Waals surface area contributed by atoms with E-state index in [0.717, 1.165) is 24.3 Å². The van der Waals surface area contributed by atoms with Crippen molar-refractivity contribution >= 4 is 27.1 Å². The molecule has 0 atom stereocenters. The number of carbonyl (C=O) groups is 1. The lowest BCUT2D eigenvalue weighted by Gasteiger charge is -2.07. The molecule has 2 aromatic carbocycles. The minimum Gasteiger partial charge on any atom is -0.460 e. The number of carbonyl (C=O) groups excluding carboxylic acids is 1. The summed E-state index contributed by atoms with van der Waals surface area (Å²) in [6.07, 6.45) is 0. The Hall–Kier alpha value is -2.91. The van der Waals surface area contributed by atoms with Crippen LogP contribution in [-0.4, -0.2) is 34.7 Å². The van der Waals surface area contributed by atoms with E-state index in [9.17, 15) is 17.6 Å². The lowest BCUT2D eigenvalue weighted by atomic mass is 10.1. The molecule has 0 saturated heterocycles. The van der Waals surface area contributed by atoms with Gasteiger partial charge in [-0.2, -0.15) is 8.42 Å². The topological polar surface area (TPSA) is 92.0 Å². The van der Waals surface area contributed by atoms with Gasteiger partial charge in [-0.15, -0.1) is 0 Å². The van der Waals surface area contributed by atoms with Crippen LogP contribution >= 0.6 is 0 Å². The van der Waals surface area contributed by atoms with Gasteiger partial charge in [-0.25, -0.2) is 9.18 Å². The maximum absolute atomic E-state index is 13.0. The van der Waals surface area contributed by atoms with Crippen LogP contribution in [0.3, 0.4) is 0 Å². The van der Waals surface area contributed by atoms with E-state index < -0.39 is 21.9 Å². The van der Waals surface area contributed by atoms with E-state index in [0.29, 0.717) is 16.7 Å². The summed E-state index contributed by atoms with van der Waals surface area (Å²) in [5, 5.41) is 0.353. The molecule has 148 valence electrons. The smallest absolute Gasteiger partial charge is 0.342 e. The minimum atomic E-state index is -4.17. The van der Waals surface area contributed by atoms with Crippen LogP contribution in [0.25, 0.3) is 11.0 Å². The van der Waals surface area contributed by atoms with Crippen molar-refractivity contribution in [2.24, 2.45) is 0 Å². The third-order valence-corrected chi connectivity index (χ3v) is 5.13. The van der Waals surface area contributed by atoms with Crippen LogP contribution in [0.4, 0.5) is 4.39 Å². The van der Waals surface area contributed by atoms with Crippen molar-refractivity contribution < 1.29 is 35.7 Å². The van der Waals surface area contributed by atoms with Gasteiger partial charge in [0.15, 0.2) is 0 Å². The molecule has 0 aliphatic rings. The van der Waals surface area contributed by atoms with Gasteiger partial charge in [0.2, 0.25) is 0 Å². The number of hydrogen-bond acceptors (Lipinski definition) is 7. The summed E-state index contributed by atoms with van der Waals surface area (Å²) in [7, 11) is -2.69. The fourth-order valence-electron chi connectivity index (χ4n) is 2.57. The molecule has 9 heteroatoms. The Bertz CT molecular complexity index is 1100. The summed E-state index contributed by atoms with van der Waals surface area (Å²) in [5.41, 5.74) is 0.554. The number of hydrogen-bond donors (Lipinski definition) is 0. The predicted molar refractivity (Wildman–Crippen MR) is 97.3 cm³/mol. The van der Waals surface area contributed by atoms with Crippen molar-refractivity contribution in [3.05, 3.63) is 59.6 Å². The van der Waals surface area contributed by atoms with Gasteiger partial charge >= 0.3 is 16.1 Å². The molecule has 28 heavy (non-hydrogen) atoms. The molecule has 0 radical (unpaired) electrons. The van der Waals surface area contributed by atoms with E-state index in [-0.39, 0.29) is 29.4 Å². The van der Waals surface area contributed by atoms with E-state index in [2.05, 4.69) is 0 Å². The Labute approximate surface area is 160 Å². The van der Waals surface area contributed by atoms with Gasteiger partial charge in [0, 0.05) is 12.5 Å². The Kier molecular flexibility index (Phi) is 5.66. The van der Waals surface area contributed by atoms with Crippen molar-refractivity contribution in [1.82, 2.24) is 0 Å². The molecule has 1 aromatic heterocycles. The lowest BCUT2D eigenvalue weighted by molar-refractivity contribution is 0.0388. The zero-order chi connectivity index (χ0) is 20.3. The van der Waals surface area contributed by atoms with Crippen LogP contribution in [0.15, 0.2) is 51.8 Å². The molecule has 0 saturated carbocycles. The summed E-state index contributed by atoms with van der Waals surface area (Å²) < 4.78 is 58.4. The first-order valence-electron chi connectivity index (χ1n) is 8.21. The van der Waals surface area contributed by atoms with Gasteiger partial charge in [-0.1, -0.05) is 0 Å². The second-order valence-corrected chi connectivity index (χ2v) is 7.36. The molecular weight excluding hydrogens is 391 g/mol. The van der Waals surface area contributed by atoms with Crippen LogP contribution in [-0.2, 0) is 19.6 Å². The molecule has 0 fully saturated rings. The first-order chi connectivity index (χ1) is 13.3. The number of benzene rings is 2. The standard InChI is InChI=1S/C19H17FO7S/c1-12-18(19(21)25-10-9-24-2)16-11-14(5-8-17(16)26-12)27-28(22,23)15-6-3-13(20)4-7-15/h3-8,11H,9-10H2,1-2H3. The molecule has 0 amide bonds. The number of ether oxygens (including phenoxy) is 2. The minimum absolute atomic E-state index is 0.0245. The van der Waals surface area contributed by atoms with E-state index in [4.69, 9.17) is 18.1 Å². The van der Waals surface area contributed by atoms with Gasteiger partial charge in [-0.3, -0.25) is 0 Å². The van der Waals surface area contributed by atoms with Crippen LogP contribution in [0, 0.1) is 12.7 Å². The summed E-state index contributed by atoms with van der Waals surface area (Å²) in [6.45, 7) is 1.91. The average molecular weight is 408 g/mol. The summed E-state index contributed by atoms with van der Waals surface area (Å²) in [4.78, 5) is 12.1. The zero-order valence-electron chi connectivity index (χ0n) is 15.1. The van der Waals surface area contributed by atoms with Crippen LogP contribution in [0.1, 0.15) is 16.1 Å². The molecule has 0 aliphatic carbocycles. The average Bonchev–Trinajstić information content (AvgIpc) is 2.97. The molecule has 0 unspecified atom stereocenters. The second kappa shape index (κ2) is 7.99. The number of furan rings is 1. The fourth-order valence-corrected chi connectivity index (χ4v) is 3.49. The van der Waals surface area contributed by atoms with Crippen molar-refractivity contribution in [2.45, 2.75) is 11.8 Å². The molecular formula is C19H17FO7S. The Balaban J connectivity index is 1.92. The number of aryl methyl sites for hydroxylation is 1. The summed E-state index contributed by atoms with van der Waals surface area (Å²) in [5.74, 6) is -0.878. The molecule has 3 aromatic rings. The third kappa shape index (κ3) is 4.15. The highest BCUT2D eigenvalue weighted by atomic mass is 32.2. The van der Waals surface area contributed by atoms with Crippen molar-refractivity contribution in [3.8, 4) is 5.75 Å². The highest BCUT2D eigenvalue weighted by molar-refractivity contribution is 7.87. The maximum atomic E-state index is 13.0. The molecule has 0 bridgehead atoms. The summed E-state index contributed by atoms with van der Waals surface area (Å²) >= 11 is 0. The number of fused-ring (bicyclic) bond motifs is 1. The molecule has 3 rings (SSSR count). The normalized spacial score (nSPS) is 11.5. The van der Waals surface area contributed by atoms with E-state index in [1.54, 1.807) is 6.92 Å². The number of rotatable bonds is 7. The monoisotopic (exact) mass is 408 g/mol. The molecule has 1 heterocycles.